The van der Waals surface area contributed by atoms with Crippen LogP contribution >= 0.6 is 27.3 Å². The minimum Gasteiger partial charge on any atom is -0.356 e. The Morgan fingerprint density at radius 2 is 2.16 bits per heavy atom. The third kappa shape index (κ3) is 7.09. The van der Waals surface area contributed by atoms with E-state index in [9.17, 15) is 4.79 Å². The van der Waals surface area contributed by atoms with Crippen LogP contribution in [0, 0.1) is 5.92 Å². The summed E-state index contributed by atoms with van der Waals surface area (Å²) in [7, 11) is 0. The van der Waals surface area contributed by atoms with Crippen molar-refractivity contribution in [3.8, 4) is 0 Å². The van der Waals surface area contributed by atoms with Crippen molar-refractivity contribution in [2.75, 3.05) is 6.54 Å². The Bertz CT molecular complexity index is 393. The molecule has 5 heteroatoms. The maximum absolute atomic E-state index is 11.9. The van der Waals surface area contributed by atoms with Crippen LogP contribution in [0.4, 0.5) is 0 Å². The van der Waals surface area contributed by atoms with Gasteiger partial charge in [-0.15, -0.1) is 11.3 Å². The second kappa shape index (κ2) is 8.72. The highest BCUT2D eigenvalue weighted by molar-refractivity contribution is 9.11. The number of rotatable bonds is 8. The van der Waals surface area contributed by atoms with Gasteiger partial charge in [0.15, 0.2) is 0 Å². The molecule has 0 radical (unpaired) electrons. The van der Waals surface area contributed by atoms with Gasteiger partial charge in [-0.05, 0) is 54.2 Å². The van der Waals surface area contributed by atoms with Crippen molar-refractivity contribution in [3.05, 3.63) is 20.8 Å². The highest BCUT2D eigenvalue weighted by atomic mass is 79.9. The lowest BCUT2D eigenvalue weighted by Crippen LogP contribution is -2.31. The van der Waals surface area contributed by atoms with Crippen molar-refractivity contribution in [2.45, 2.75) is 45.6 Å². The van der Waals surface area contributed by atoms with E-state index in [2.05, 4.69) is 27.3 Å². The Hall–Kier alpha value is -0.390. The summed E-state index contributed by atoms with van der Waals surface area (Å²) in [5.41, 5.74) is 5.70. The molecular formula is C14H23BrN2OS. The average molecular weight is 347 g/mol. The van der Waals surface area contributed by atoms with Crippen LogP contribution in [0.25, 0.3) is 0 Å². The fourth-order valence-electron chi connectivity index (χ4n) is 1.85. The SMILES string of the molecule is CC(N)CCCC(C)C(=O)NCCc1ccc(Br)s1. The summed E-state index contributed by atoms with van der Waals surface area (Å²) < 4.78 is 1.14. The molecule has 1 heterocycles. The molecule has 3 N–H and O–H groups in total. The van der Waals surface area contributed by atoms with E-state index < -0.39 is 0 Å². The zero-order chi connectivity index (χ0) is 14.3. The number of hydrogen-bond donors (Lipinski definition) is 2. The quantitative estimate of drug-likeness (QED) is 0.758. The van der Waals surface area contributed by atoms with Crippen LogP contribution in [0.3, 0.4) is 0 Å². The van der Waals surface area contributed by atoms with Crippen LogP contribution in [0.5, 0.6) is 0 Å². The number of carbonyl (C=O) groups excluding carboxylic acids is 1. The Morgan fingerprint density at radius 3 is 2.74 bits per heavy atom. The van der Waals surface area contributed by atoms with E-state index in [0.717, 1.165) is 29.5 Å². The zero-order valence-electron chi connectivity index (χ0n) is 11.6. The highest BCUT2D eigenvalue weighted by Crippen LogP contribution is 2.22. The van der Waals surface area contributed by atoms with E-state index in [1.54, 1.807) is 11.3 Å². The van der Waals surface area contributed by atoms with Gasteiger partial charge in [0.25, 0.3) is 0 Å². The molecule has 0 aliphatic carbocycles. The lowest BCUT2D eigenvalue weighted by molar-refractivity contribution is -0.124. The monoisotopic (exact) mass is 346 g/mol. The highest BCUT2D eigenvalue weighted by Gasteiger charge is 2.12. The summed E-state index contributed by atoms with van der Waals surface area (Å²) in [6, 6.07) is 4.36. The van der Waals surface area contributed by atoms with E-state index in [1.165, 1.54) is 4.88 Å². The predicted octanol–water partition coefficient (Wildman–Crippen LogP) is 3.32. The van der Waals surface area contributed by atoms with Crippen LogP contribution < -0.4 is 11.1 Å². The maximum Gasteiger partial charge on any atom is 0.222 e. The van der Waals surface area contributed by atoms with Gasteiger partial charge in [-0.3, -0.25) is 4.79 Å². The van der Waals surface area contributed by atoms with Crippen molar-refractivity contribution in [1.29, 1.82) is 0 Å². The number of thiophene rings is 1. The molecule has 0 saturated heterocycles. The minimum absolute atomic E-state index is 0.0776. The van der Waals surface area contributed by atoms with E-state index in [0.29, 0.717) is 6.54 Å². The fourth-order valence-corrected chi connectivity index (χ4v) is 3.33. The predicted molar refractivity (Wildman–Crippen MR) is 85.4 cm³/mol. The molecule has 0 aromatic carbocycles. The van der Waals surface area contributed by atoms with E-state index in [1.807, 2.05) is 19.9 Å². The van der Waals surface area contributed by atoms with Crippen molar-refractivity contribution in [1.82, 2.24) is 5.32 Å². The van der Waals surface area contributed by atoms with Crippen molar-refractivity contribution in [3.63, 3.8) is 0 Å². The number of nitrogens with two attached hydrogens (primary N) is 1. The molecule has 0 fully saturated rings. The number of carbonyl (C=O) groups is 1. The van der Waals surface area contributed by atoms with Crippen LogP contribution in [-0.2, 0) is 11.2 Å². The number of amides is 1. The summed E-state index contributed by atoms with van der Waals surface area (Å²) in [4.78, 5) is 13.2. The van der Waals surface area contributed by atoms with Gasteiger partial charge in [-0.1, -0.05) is 13.3 Å². The molecule has 19 heavy (non-hydrogen) atoms. The molecule has 2 unspecified atom stereocenters. The van der Waals surface area contributed by atoms with Crippen LogP contribution in [0.2, 0.25) is 0 Å². The Labute approximate surface area is 128 Å². The summed E-state index contributed by atoms with van der Waals surface area (Å²) >= 11 is 5.15. The number of nitrogens with one attached hydrogen (secondary N) is 1. The van der Waals surface area contributed by atoms with Gasteiger partial charge in [0.05, 0.1) is 3.79 Å². The average Bonchev–Trinajstić information content (AvgIpc) is 2.74. The van der Waals surface area contributed by atoms with E-state index in [4.69, 9.17) is 5.73 Å². The zero-order valence-corrected chi connectivity index (χ0v) is 14.0. The van der Waals surface area contributed by atoms with Gasteiger partial charge in [0.1, 0.15) is 0 Å². The topological polar surface area (TPSA) is 55.1 Å². The van der Waals surface area contributed by atoms with Gasteiger partial charge in [0, 0.05) is 23.4 Å². The molecule has 108 valence electrons. The fraction of sp³-hybridized carbons (Fsp3) is 0.643. The summed E-state index contributed by atoms with van der Waals surface area (Å²) in [6.45, 7) is 4.70. The Morgan fingerprint density at radius 1 is 1.42 bits per heavy atom. The Balaban J connectivity index is 2.16. The van der Waals surface area contributed by atoms with Crippen LogP contribution in [0.15, 0.2) is 15.9 Å². The summed E-state index contributed by atoms with van der Waals surface area (Å²) in [5, 5.41) is 3.00. The summed E-state index contributed by atoms with van der Waals surface area (Å²) in [6.07, 6.45) is 3.82. The van der Waals surface area contributed by atoms with Crippen molar-refractivity contribution in [2.24, 2.45) is 11.7 Å². The van der Waals surface area contributed by atoms with Gasteiger partial charge in [-0.2, -0.15) is 0 Å². The first-order valence-corrected chi connectivity index (χ1v) is 8.37. The lowest BCUT2D eigenvalue weighted by Gasteiger charge is -2.12. The molecule has 1 amide bonds. The molecule has 2 atom stereocenters. The maximum atomic E-state index is 11.9. The minimum atomic E-state index is 0.0776. The third-order valence-electron chi connectivity index (χ3n) is 3.04. The normalized spacial score (nSPS) is 14.1. The van der Waals surface area contributed by atoms with Gasteiger partial charge in [0.2, 0.25) is 5.91 Å². The standard InChI is InChI=1S/C14H23BrN2OS/c1-10(4-3-5-11(2)16)14(18)17-9-8-12-6-7-13(15)19-12/h6-7,10-11H,3-5,8-9,16H2,1-2H3,(H,17,18). The lowest BCUT2D eigenvalue weighted by atomic mass is 10.0. The molecule has 0 saturated carbocycles. The Kier molecular flexibility index (Phi) is 7.64. The molecule has 0 bridgehead atoms. The first kappa shape index (κ1) is 16.7. The van der Waals surface area contributed by atoms with Gasteiger partial charge in [-0.25, -0.2) is 0 Å². The van der Waals surface area contributed by atoms with Gasteiger partial charge >= 0.3 is 0 Å². The largest absolute Gasteiger partial charge is 0.356 e. The van der Waals surface area contributed by atoms with E-state index >= 15 is 0 Å². The molecule has 3 nitrogen and oxygen atoms in total. The molecule has 1 aromatic heterocycles. The van der Waals surface area contributed by atoms with Gasteiger partial charge < -0.3 is 11.1 Å². The number of halogens is 1. The molecule has 0 spiro atoms. The molecular weight excluding hydrogens is 324 g/mol. The molecule has 1 rings (SSSR count). The third-order valence-corrected chi connectivity index (χ3v) is 4.73. The second-order valence-corrected chi connectivity index (χ2v) is 7.60. The first-order valence-electron chi connectivity index (χ1n) is 6.76. The van der Waals surface area contributed by atoms with Crippen molar-refractivity contribution < 1.29 is 4.79 Å². The van der Waals surface area contributed by atoms with Crippen molar-refractivity contribution >= 4 is 33.2 Å². The molecule has 1 aromatic rings. The van der Waals surface area contributed by atoms with E-state index in [-0.39, 0.29) is 17.9 Å². The molecule has 0 aliphatic rings. The second-order valence-electron chi connectivity index (χ2n) is 5.06. The smallest absolute Gasteiger partial charge is 0.222 e. The summed E-state index contributed by atoms with van der Waals surface area (Å²) in [5.74, 6) is 0.231. The first-order chi connectivity index (χ1) is 8.99. The molecule has 0 aliphatic heterocycles. The number of hydrogen-bond acceptors (Lipinski definition) is 3. The van der Waals surface area contributed by atoms with Crippen LogP contribution in [-0.4, -0.2) is 18.5 Å². The van der Waals surface area contributed by atoms with Crippen LogP contribution in [0.1, 0.15) is 38.0 Å².